The monoisotopic (exact) mass is 329 g/mol. The second-order valence-electron chi connectivity index (χ2n) is 5.89. The van der Waals surface area contributed by atoms with Crippen LogP contribution in [-0.4, -0.2) is 9.55 Å². The van der Waals surface area contributed by atoms with Crippen LogP contribution in [-0.2, 0) is 0 Å². The van der Waals surface area contributed by atoms with Crippen LogP contribution in [0.25, 0.3) is 16.7 Å². The SMILES string of the molecule is Cc1nc2cc3c(cc2n1-c1ccccc1)Sc1ccccc1N3. The van der Waals surface area contributed by atoms with Gasteiger partial charge >= 0.3 is 0 Å². The lowest BCUT2D eigenvalue weighted by molar-refractivity contribution is 1.00. The number of imidazole rings is 1. The van der Waals surface area contributed by atoms with Crippen molar-refractivity contribution in [3.8, 4) is 5.69 Å². The Morgan fingerprint density at radius 2 is 1.67 bits per heavy atom. The molecule has 2 heterocycles. The van der Waals surface area contributed by atoms with E-state index in [0.717, 1.165) is 33.9 Å². The molecule has 0 saturated heterocycles. The third kappa shape index (κ3) is 2.03. The quantitative estimate of drug-likeness (QED) is 0.438. The van der Waals surface area contributed by atoms with Crippen LogP contribution in [0.2, 0.25) is 0 Å². The lowest BCUT2D eigenvalue weighted by Crippen LogP contribution is -2.00. The molecule has 1 aromatic heterocycles. The van der Waals surface area contributed by atoms with Crippen LogP contribution in [0.4, 0.5) is 11.4 Å². The Morgan fingerprint density at radius 1 is 0.875 bits per heavy atom. The molecule has 24 heavy (non-hydrogen) atoms. The summed E-state index contributed by atoms with van der Waals surface area (Å²) >= 11 is 1.81. The molecule has 0 bridgehead atoms. The predicted molar refractivity (Wildman–Crippen MR) is 99.7 cm³/mol. The van der Waals surface area contributed by atoms with Gasteiger partial charge in [0.2, 0.25) is 0 Å². The number of nitrogens with one attached hydrogen (secondary N) is 1. The molecule has 4 heteroatoms. The van der Waals surface area contributed by atoms with E-state index in [1.165, 1.54) is 9.79 Å². The Balaban J connectivity index is 1.72. The zero-order chi connectivity index (χ0) is 16.1. The summed E-state index contributed by atoms with van der Waals surface area (Å²) in [6.45, 7) is 2.06. The van der Waals surface area contributed by atoms with Crippen molar-refractivity contribution in [2.75, 3.05) is 5.32 Å². The van der Waals surface area contributed by atoms with Gasteiger partial charge in [-0.25, -0.2) is 4.98 Å². The van der Waals surface area contributed by atoms with Crippen molar-refractivity contribution >= 4 is 34.2 Å². The fraction of sp³-hybridized carbons (Fsp3) is 0.0500. The molecule has 3 nitrogen and oxygen atoms in total. The van der Waals surface area contributed by atoms with E-state index in [1.54, 1.807) is 11.8 Å². The van der Waals surface area contributed by atoms with Crippen molar-refractivity contribution in [2.24, 2.45) is 0 Å². The van der Waals surface area contributed by atoms with Crippen LogP contribution in [0.3, 0.4) is 0 Å². The minimum Gasteiger partial charge on any atom is -0.354 e. The van der Waals surface area contributed by atoms with Crippen molar-refractivity contribution in [1.82, 2.24) is 9.55 Å². The number of hydrogen-bond acceptors (Lipinski definition) is 3. The molecule has 0 radical (unpaired) electrons. The Bertz CT molecular complexity index is 1070. The molecular weight excluding hydrogens is 314 g/mol. The van der Waals surface area contributed by atoms with Crippen LogP contribution in [0.5, 0.6) is 0 Å². The van der Waals surface area contributed by atoms with Gasteiger partial charge in [-0.2, -0.15) is 0 Å². The van der Waals surface area contributed by atoms with Gasteiger partial charge in [-0.1, -0.05) is 42.1 Å². The first kappa shape index (κ1) is 13.7. The van der Waals surface area contributed by atoms with Crippen molar-refractivity contribution in [3.63, 3.8) is 0 Å². The van der Waals surface area contributed by atoms with Crippen LogP contribution in [0.15, 0.2) is 76.5 Å². The number of fused-ring (bicyclic) bond motifs is 3. The molecule has 1 aliphatic rings. The normalized spacial score (nSPS) is 12.5. The zero-order valence-electron chi connectivity index (χ0n) is 13.2. The van der Waals surface area contributed by atoms with Crippen molar-refractivity contribution in [1.29, 1.82) is 0 Å². The molecule has 0 unspecified atom stereocenters. The lowest BCUT2D eigenvalue weighted by Gasteiger charge is -2.20. The van der Waals surface area contributed by atoms with Crippen molar-refractivity contribution in [2.45, 2.75) is 16.7 Å². The van der Waals surface area contributed by atoms with E-state index in [0.29, 0.717) is 0 Å². The maximum absolute atomic E-state index is 4.77. The summed E-state index contributed by atoms with van der Waals surface area (Å²) in [5, 5.41) is 3.53. The average Bonchev–Trinajstić information content (AvgIpc) is 2.93. The highest BCUT2D eigenvalue weighted by molar-refractivity contribution is 7.99. The smallest absolute Gasteiger partial charge is 0.111 e. The van der Waals surface area contributed by atoms with Crippen molar-refractivity contribution in [3.05, 3.63) is 72.6 Å². The van der Waals surface area contributed by atoms with E-state index >= 15 is 0 Å². The highest BCUT2D eigenvalue weighted by atomic mass is 32.2. The van der Waals surface area contributed by atoms with Crippen molar-refractivity contribution < 1.29 is 0 Å². The number of rotatable bonds is 1. The van der Waals surface area contributed by atoms with E-state index in [-0.39, 0.29) is 0 Å². The summed E-state index contributed by atoms with van der Waals surface area (Å²) in [6, 6.07) is 23.2. The summed E-state index contributed by atoms with van der Waals surface area (Å²) in [6.07, 6.45) is 0. The molecular formula is C20H15N3S. The van der Waals surface area contributed by atoms with Gasteiger partial charge in [-0.3, -0.25) is 4.57 Å². The predicted octanol–water partition coefficient (Wildman–Crippen LogP) is 5.54. The Hall–Kier alpha value is -2.72. The molecule has 0 atom stereocenters. The first-order valence-electron chi connectivity index (χ1n) is 7.92. The van der Waals surface area contributed by atoms with E-state index < -0.39 is 0 Å². The van der Waals surface area contributed by atoms with Crippen LogP contribution in [0.1, 0.15) is 5.82 Å². The molecule has 4 aromatic rings. The number of anilines is 2. The highest BCUT2D eigenvalue weighted by Crippen LogP contribution is 2.45. The van der Waals surface area contributed by atoms with Gasteiger partial charge in [0.1, 0.15) is 5.82 Å². The third-order valence-electron chi connectivity index (χ3n) is 4.31. The molecule has 0 amide bonds. The first-order valence-corrected chi connectivity index (χ1v) is 8.74. The number of aromatic nitrogens is 2. The standard InChI is InChI=1S/C20H15N3S/c1-13-21-16-11-17-20(24-19-10-6-5-9-15(19)22-17)12-18(16)23(13)14-7-3-2-4-8-14/h2-12,22H,1H3. The number of benzene rings is 3. The Kier molecular flexibility index (Phi) is 2.94. The lowest BCUT2D eigenvalue weighted by atomic mass is 10.2. The van der Waals surface area contributed by atoms with E-state index in [4.69, 9.17) is 4.98 Å². The van der Waals surface area contributed by atoms with E-state index in [1.807, 2.05) is 6.07 Å². The molecule has 1 aliphatic heterocycles. The van der Waals surface area contributed by atoms with Gasteiger partial charge in [0.15, 0.2) is 0 Å². The van der Waals surface area contributed by atoms with Gasteiger partial charge in [-0.05, 0) is 43.3 Å². The third-order valence-corrected chi connectivity index (χ3v) is 5.45. The number of hydrogen-bond donors (Lipinski definition) is 1. The molecule has 1 N–H and O–H groups in total. The fourth-order valence-electron chi connectivity index (χ4n) is 3.23. The maximum atomic E-state index is 4.77. The average molecular weight is 329 g/mol. The van der Waals surface area contributed by atoms with Gasteiger partial charge in [0, 0.05) is 15.5 Å². The molecule has 0 saturated carbocycles. The minimum absolute atomic E-state index is 1.00. The minimum atomic E-state index is 1.00. The van der Waals surface area contributed by atoms with Crippen LogP contribution < -0.4 is 5.32 Å². The molecule has 3 aromatic carbocycles. The van der Waals surface area contributed by atoms with Gasteiger partial charge in [-0.15, -0.1) is 0 Å². The van der Waals surface area contributed by atoms with Gasteiger partial charge < -0.3 is 5.32 Å². The second kappa shape index (κ2) is 5.14. The van der Waals surface area contributed by atoms with E-state index in [9.17, 15) is 0 Å². The number of nitrogens with zero attached hydrogens (tertiary/aromatic N) is 2. The Morgan fingerprint density at radius 3 is 2.54 bits per heavy atom. The summed E-state index contributed by atoms with van der Waals surface area (Å²) < 4.78 is 2.22. The molecule has 0 spiro atoms. The summed E-state index contributed by atoms with van der Waals surface area (Å²) in [5.74, 6) is 1.00. The maximum Gasteiger partial charge on any atom is 0.111 e. The number of aryl methyl sites for hydroxylation is 1. The largest absolute Gasteiger partial charge is 0.354 e. The zero-order valence-corrected chi connectivity index (χ0v) is 14.0. The van der Waals surface area contributed by atoms with Gasteiger partial charge in [0.25, 0.3) is 0 Å². The molecule has 0 aliphatic carbocycles. The summed E-state index contributed by atoms with van der Waals surface area (Å²) in [7, 11) is 0. The Labute approximate surface area is 144 Å². The van der Waals surface area contributed by atoms with Crippen LogP contribution in [0, 0.1) is 6.92 Å². The molecule has 5 rings (SSSR count). The van der Waals surface area contributed by atoms with Crippen LogP contribution >= 0.6 is 11.8 Å². The molecule has 116 valence electrons. The second-order valence-corrected chi connectivity index (χ2v) is 6.97. The summed E-state index contributed by atoms with van der Waals surface area (Å²) in [4.78, 5) is 7.26. The topological polar surface area (TPSA) is 29.9 Å². The van der Waals surface area contributed by atoms with Gasteiger partial charge in [0.05, 0.1) is 22.4 Å². The first-order chi connectivity index (χ1) is 11.8. The number of para-hydroxylation sites is 2. The molecule has 0 fully saturated rings. The fourth-order valence-corrected chi connectivity index (χ4v) is 4.24. The van der Waals surface area contributed by atoms with E-state index in [2.05, 4.69) is 77.5 Å². The summed E-state index contributed by atoms with van der Waals surface area (Å²) in [5.41, 5.74) is 5.60. The highest BCUT2D eigenvalue weighted by Gasteiger charge is 2.18.